The Balaban J connectivity index is 1.74. The van der Waals surface area contributed by atoms with Gasteiger partial charge in [-0.3, -0.25) is 4.79 Å². The van der Waals surface area contributed by atoms with E-state index < -0.39 is 5.38 Å². The molecule has 0 saturated carbocycles. The highest BCUT2D eigenvalue weighted by Gasteiger charge is 2.16. The van der Waals surface area contributed by atoms with Gasteiger partial charge in [0.15, 0.2) is 0 Å². The molecule has 0 aromatic heterocycles. The van der Waals surface area contributed by atoms with Crippen LogP contribution in [0.5, 0.6) is 5.75 Å². The summed E-state index contributed by atoms with van der Waals surface area (Å²) in [4.78, 5) is 11.9. The summed E-state index contributed by atoms with van der Waals surface area (Å²) in [5.41, 5.74) is 1.93. The number of rotatable bonds is 6. The Morgan fingerprint density at radius 3 is 2.67 bits per heavy atom. The monoisotopic (exact) mass is 303 g/mol. The van der Waals surface area contributed by atoms with E-state index in [4.69, 9.17) is 16.3 Å². The predicted octanol–water partition coefficient (Wildman–Crippen LogP) is 3.47. The van der Waals surface area contributed by atoms with E-state index in [9.17, 15) is 4.79 Å². The molecule has 1 atom stereocenters. The molecule has 0 bridgehead atoms. The van der Waals surface area contributed by atoms with Crippen molar-refractivity contribution >= 4 is 17.5 Å². The first-order chi connectivity index (χ1) is 10.2. The lowest BCUT2D eigenvalue weighted by atomic mass is 10.1. The largest absolute Gasteiger partial charge is 0.492 e. The molecule has 110 valence electrons. The van der Waals surface area contributed by atoms with Crippen LogP contribution in [0.2, 0.25) is 0 Å². The quantitative estimate of drug-likeness (QED) is 0.655. The Morgan fingerprint density at radius 1 is 1.19 bits per heavy atom. The first-order valence-electron chi connectivity index (χ1n) is 6.83. The summed E-state index contributed by atoms with van der Waals surface area (Å²) in [6.45, 7) is 2.84. The number of carbonyl (C=O) groups excluding carboxylic acids is 1. The van der Waals surface area contributed by atoms with E-state index in [1.807, 2.05) is 61.5 Å². The lowest BCUT2D eigenvalue weighted by Crippen LogP contribution is -2.30. The van der Waals surface area contributed by atoms with Crippen LogP contribution in [0.1, 0.15) is 16.5 Å². The van der Waals surface area contributed by atoms with E-state index >= 15 is 0 Å². The maximum absolute atomic E-state index is 11.9. The van der Waals surface area contributed by atoms with Gasteiger partial charge in [0.1, 0.15) is 17.7 Å². The van der Waals surface area contributed by atoms with Crippen molar-refractivity contribution in [2.45, 2.75) is 12.3 Å². The molecule has 1 amide bonds. The Bertz CT molecular complexity index is 586. The molecule has 0 aliphatic carbocycles. The summed E-state index contributed by atoms with van der Waals surface area (Å²) in [5.74, 6) is 0.588. The van der Waals surface area contributed by atoms with Gasteiger partial charge in [-0.1, -0.05) is 42.5 Å². The number of ether oxygens (including phenoxy) is 1. The van der Waals surface area contributed by atoms with Crippen LogP contribution in [0.3, 0.4) is 0 Å². The number of hydrogen-bond acceptors (Lipinski definition) is 2. The molecule has 3 nitrogen and oxygen atoms in total. The van der Waals surface area contributed by atoms with Crippen LogP contribution in [0.4, 0.5) is 0 Å². The van der Waals surface area contributed by atoms with Gasteiger partial charge in [-0.25, -0.2) is 0 Å². The van der Waals surface area contributed by atoms with Crippen molar-refractivity contribution in [3.63, 3.8) is 0 Å². The second-order valence-electron chi connectivity index (χ2n) is 4.73. The van der Waals surface area contributed by atoms with E-state index in [2.05, 4.69) is 5.32 Å². The third-order valence-corrected chi connectivity index (χ3v) is 3.43. The molecule has 0 saturated heterocycles. The highest BCUT2D eigenvalue weighted by molar-refractivity contribution is 6.30. The normalized spacial score (nSPS) is 11.7. The molecular weight excluding hydrogens is 286 g/mol. The van der Waals surface area contributed by atoms with Gasteiger partial charge >= 0.3 is 0 Å². The number of benzene rings is 2. The molecule has 0 aliphatic heterocycles. The van der Waals surface area contributed by atoms with Crippen LogP contribution in [0.25, 0.3) is 0 Å². The number of alkyl halides is 1. The maximum atomic E-state index is 11.9. The fourth-order valence-electron chi connectivity index (χ4n) is 1.91. The number of amides is 1. The minimum absolute atomic E-state index is 0.212. The average Bonchev–Trinajstić information content (AvgIpc) is 2.51. The Morgan fingerprint density at radius 2 is 1.95 bits per heavy atom. The van der Waals surface area contributed by atoms with Gasteiger partial charge in [0.25, 0.3) is 0 Å². The smallest absolute Gasteiger partial charge is 0.242 e. The van der Waals surface area contributed by atoms with E-state index in [0.29, 0.717) is 13.2 Å². The molecule has 1 unspecified atom stereocenters. The van der Waals surface area contributed by atoms with Gasteiger partial charge in [0.2, 0.25) is 5.91 Å². The molecule has 0 heterocycles. The highest BCUT2D eigenvalue weighted by atomic mass is 35.5. The second kappa shape index (κ2) is 7.70. The summed E-state index contributed by atoms with van der Waals surface area (Å²) in [5, 5.41) is 2.09. The minimum atomic E-state index is -0.676. The zero-order valence-corrected chi connectivity index (χ0v) is 12.6. The molecule has 0 spiro atoms. The van der Waals surface area contributed by atoms with Gasteiger partial charge in [-0.2, -0.15) is 0 Å². The summed E-state index contributed by atoms with van der Waals surface area (Å²) in [6.07, 6.45) is 0. The van der Waals surface area contributed by atoms with Crippen molar-refractivity contribution in [1.82, 2.24) is 5.32 Å². The summed E-state index contributed by atoms with van der Waals surface area (Å²) in [6, 6.07) is 17.1. The molecule has 2 aromatic carbocycles. The minimum Gasteiger partial charge on any atom is -0.492 e. The van der Waals surface area contributed by atoms with Gasteiger partial charge in [0.05, 0.1) is 6.54 Å². The Labute approximate surface area is 129 Å². The number of hydrogen-bond donors (Lipinski definition) is 1. The lowest BCUT2D eigenvalue weighted by molar-refractivity contribution is -0.120. The third-order valence-electron chi connectivity index (χ3n) is 2.98. The summed E-state index contributed by atoms with van der Waals surface area (Å²) < 4.78 is 5.56. The maximum Gasteiger partial charge on any atom is 0.242 e. The van der Waals surface area contributed by atoms with Crippen LogP contribution in [-0.4, -0.2) is 19.1 Å². The van der Waals surface area contributed by atoms with Crippen molar-refractivity contribution in [2.75, 3.05) is 13.2 Å². The molecular formula is C17H18ClNO2. The number of aryl methyl sites for hydroxylation is 1. The van der Waals surface area contributed by atoms with E-state index in [1.165, 1.54) is 0 Å². The van der Waals surface area contributed by atoms with Crippen molar-refractivity contribution in [1.29, 1.82) is 0 Å². The second-order valence-corrected chi connectivity index (χ2v) is 5.17. The van der Waals surface area contributed by atoms with Crippen LogP contribution in [-0.2, 0) is 4.79 Å². The SMILES string of the molecule is Cc1cccc(OCCNC(=O)C(Cl)c2ccccc2)c1. The van der Waals surface area contributed by atoms with Crippen LogP contribution in [0.15, 0.2) is 54.6 Å². The molecule has 0 aliphatic rings. The standard InChI is InChI=1S/C17H18ClNO2/c1-13-6-5-9-15(12-13)21-11-10-19-17(20)16(18)14-7-3-2-4-8-14/h2-9,12,16H,10-11H2,1H3,(H,19,20). The average molecular weight is 304 g/mol. The van der Waals surface area contributed by atoms with E-state index in [1.54, 1.807) is 0 Å². The third kappa shape index (κ3) is 4.80. The highest BCUT2D eigenvalue weighted by Crippen LogP contribution is 2.19. The van der Waals surface area contributed by atoms with Gasteiger partial charge in [-0.05, 0) is 30.2 Å². The molecule has 0 radical (unpaired) electrons. The number of halogens is 1. The number of nitrogens with one attached hydrogen (secondary N) is 1. The topological polar surface area (TPSA) is 38.3 Å². The van der Waals surface area contributed by atoms with E-state index in [-0.39, 0.29) is 5.91 Å². The molecule has 4 heteroatoms. The number of carbonyl (C=O) groups is 1. The molecule has 2 aromatic rings. The molecule has 1 N–H and O–H groups in total. The lowest BCUT2D eigenvalue weighted by Gasteiger charge is -2.11. The van der Waals surface area contributed by atoms with Gasteiger partial charge < -0.3 is 10.1 Å². The van der Waals surface area contributed by atoms with Crippen LogP contribution >= 0.6 is 11.6 Å². The Kier molecular flexibility index (Phi) is 5.64. The van der Waals surface area contributed by atoms with E-state index in [0.717, 1.165) is 16.9 Å². The van der Waals surface area contributed by atoms with Gasteiger partial charge in [-0.15, -0.1) is 11.6 Å². The fourth-order valence-corrected chi connectivity index (χ4v) is 2.13. The first kappa shape index (κ1) is 15.4. The zero-order valence-electron chi connectivity index (χ0n) is 11.9. The summed E-state index contributed by atoms with van der Waals surface area (Å²) >= 11 is 6.12. The van der Waals surface area contributed by atoms with Crippen LogP contribution in [0, 0.1) is 6.92 Å². The predicted molar refractivity (Wildman–Crippen MR) is 84.7 cm³/mol. The molecule has 0 fully saturated rings. The fraction of sp³-hybridized carbons (Fsp3) is 0.235. The van der Waals surface area contributed by atoms with Crippen molar-refractivity contribution in [3.05, 3.63) is 65.7 Å². The van der Waals surface area contributed by atoms with Crippen molar-refractivity contribution in [3.8, 4) is 5.75 Å². The van der Waals surface area contributed by atoms with Crippen molar-refractivity contribution in [2.24, 2.45) is 0 Å². The molecule has 2 rings (SSSR count). The van der Waals surface area contributed by atoms with Gasteiger partial charge in [0, 0.05) is 0 Å². The zero-order chi connectivity index (χ0) is 15.1. The first-order valence-corrected chi connectivity index (χ1v) is 7.26. The summed E-state index contributed by atoms with van der Waals surface area (Å²) in [7, 11) is 0. The van der Waals surface area contributed by atoms with Crippen LogP contribution < -0.4 is 10.1 Å². The van der Waals surface area contributed by atoms with Crippen molar-refractivity contribution < 1.29 is 9.53 Å². The Hall–Kier alpha value is -2.00. The molecule has 21 heavy (non-hydrogen) atoms.